The molecule has 0 aromatic heterocycles. The maximum atomic E-state index is 3.94. The summed E-state index contributed by atoms with van der Waals surface area (Å²) in [5.41, 5.74) is 0. The molecule has 40 valence electrons. The van der Waals surface area contributed by atoms with Gasteiger partial charge >= 0.3 is 0 Å². The van der Waals surface area contributed by atoms with E-state index in [9.17, 15) is 0 Å². The maximum Gasteiger partial charge on any atom is 0.0701 e. The summed E-state index contributed by atoms with van der Waals surface area (Å²) in [6, 6.07) is 0.963. The van der Waals surface area contributed by atoms with Crippen molar-refractivity contribution in [3.63, 3.8) is 0 Å². The molecular weight excluding hydrogens is 88.1 g/mol. The van der Waals surface area contributed by atoms with Crippen molar-refractivity contribution in [2.75, 3.05) is 0 Å². The predicted molar refractivity (Wildman–Crippen MR) is 28.4 cm³/mol. The van der Waals surface area contributed by atoms with Gasteiger partial charge in [0.05, 0.1) is 12.1 Å². The fourth-order valence-electron chi connectivity index (χ4n) is 0.816. The fourth-order valence-corrected chi connectivity index (χ4v) is 0.816. The van der Waals surface area contributed by atoms with Crippen LogP contribution in [0.1, 0.15) is 20.3 Å². The lowest BCUT2D eigenvalue weighted by Crippen LogP contribution is -1.97. The Kier molecular flexibility index (Phi) is 1.09. The third-order valence-corrected chi connectivity index (χ3v) is 1.14. The average Bonchev–Trinajstić information content (AvgIpc) is 1.87. The van der Waals surface area contributed by atoms with E-state index in [1.165, 1.54) is 0 Å². The van der Waals surface area contributed by atoms with Crippen LogP contribution in [0.25, 0.3) is 0 Å². The molecule has 7 heavy (non-hydrogen) atoms. The van der Waals surface area contributed by atoms with E-state index < -0.39 is 0 Å². The van der Waals surface area contributed by atoms with Gasteiger partial charge in [0.15, 0.2) is 0 Å². The molecule has 0 radical (unpaired) electrons. The van der Waals surface area contributed by atoms with Gasteiger partial charge in [-0.2, -0.15) is 10.2 Å². The smallest absolute Gasteiger partial charge is 0.0701 e. The minimum absolute atomic E-state index is 0.481. The van der Waals surface area contributed by atoms with Crippen molar-refractivity contribution >= 4 is 0 Å². The molecule has 0 saturated heterocycles. The van der Waals surface area contributed by atoms with E-state index in [1.807, 2.05) is 0 Å². The van der Waals surface area contributed by atoms with Gasteiger partial charge in [0, 0.05) is 0 Å². The lowest BCUT2D eigenvalue weighted by atomic mass is 10.2. The van der Waals surface area contributed by atoms with Gasteiger partial charge < -0.3 is 0 Å². The van der Waals surface area contributed by atoms with Crippen LogP contribution in [0.4, 0.5) is 0 Å². The third kappa shape index (κ3) is 0.981. The van der Waals surface area contributed by atoms with Crippen molar-refractivity contribution in [3.05, 3.63) is 0 Å². The number of nitrogens with zero attached hydrogens (tertiary/aromatic N) is 2. The van der Waals surface area contributed by atoms with Crippen LogP contribution in [0.5, 0.6) is 0 Å². The van der Waals surface area contributed by atoms with E-state index in [4.69, 9.17) is 0 Å². The highest BCUT2D eigenvalue weighted by molar-refractivity contribution is 4.72. The van der Waals surface area contributed by atoms with Gasteiger partial charge in [-0.15, -0.1) is 0 Å². The average molecular weight is 98.1 g/mol. The Bertz CT molecular complexity index is 78.1. The molecule has 2 nitrogen and oxygen atoms in total. The Balaban J connectivity index is 2.42. The van der Waals surface area contributed by atoms with Crippen LogP contribution >= 0.6 is 0 Å². The van der Waals surface area contributed by atoms with Crippen molar-refractivity contribution in [3.8, 4) is 0 Å². The Morgan fingerprint density at radius 3 is 1.71 bits per heavy atom. The quantitative estimate of drug-likeness (QED) is 0.440. The first kappa shape index (κ1) is 4.75. The molecule has 0 bridgehead atoms. The number of hydrogen-bond donors (Lipinski definition) is 0. The predicted octanol–water partition coefficient (Wildman–Crippen LogP) is 1.62. The summed E-state index contributed by atoms with van der Waals surface area (Å²) < 4.78 is 0. The second-order valence-corrected chi connectivity index (χ2v) is 2.16. The van der Waals surface area contributed by atoms with Crippen molar-refractivity contribution in [2.24, 2.45) is 10.2 Å². The summed E-state index contributed by atoms with van der Waals surface area (Å²) in [6.07, 6.45) is 1.14. The summed E-state index contributed by atoms with van der Waals surface area (Å²) in [6.45, 7) is 4.18. The molecule has 0 amide bonds. The SMILES string of the molecule is C[C@H]1C[C@H](C)N=N1. The maximum absolute atomic E-state index is 3.94. The van der Waals surface area contributed by atoms with E-state index in [-0.39, 0.29) is 0 Å². The van der Waals surface area contributed by atoms with Crippen molar-refractivity contribution in [1.29, 1.82) is 0 Å². The molecule has 0 aromatic carbocycles. The van der Waals surface area contributed by atoms with E-state index >= 15 is 0 Å². The molecule has 0 saturated carbocycles. The summed E-state index contributed by atoms with van der Waals surface area (Å²) in [4.78, 5) is 0. The lowest BCUT2D eigenvalue weighted by molar-refractivity contribution is 0.680. The molecule has 1 aliphatic heterocycles. The van der Waals surface area contributed by atoms with Gasteiger partial charge in [0.2, 0.25) is 0 Å². The number of rotatable bonds is 0. The van der Waals surface area contributed by atoms with Gasteiger partial charge in [0.1, 0.15) is 0 Å². The van der Waals surface area contributed by atoms with Crippen LogP contribution in [-0.2, 0) is 0 Å². The van der Waals surface area contributed by atoms with Crippen LogP contribution in [0.15, 0.2) is 10.2 Å². The molecule has 0 unspecified atom stereocenters. The van der Waals surface area contributed by atoms with E-state index in [0.29, 0.717) is 12.1 Å². The van der Waals surface area contributed by atoms with Crippen LogP contribution in [0.3, 0.4) is 0 Å². The van der Waals surface area contributed by atoms with E-state index in [1.54, 1.807) is 0 Å². The van der Waals surface area contributed by atoms with Crippen LogP contribution < -0.4 is 0 Å². The lowest BCUT2D eigenvalue weighted by Gasteiger charge is -1.92. The highest BCUT2D eigenvalue weighted by atomic mass is 15.2. The van der Waals surface area contributed by atoms with Crippen LogP contribution in [0.2, 0.25) is 0 Å². The van der Waals surface area contributed by atoms with Crippen LogP contribution in [0, 0.1) is 0 Å². The molecular formula is C5H10N2. The van der Waals surface area contributed by atoms with Gasteiger partial charge in [-0.3, -0.25) is 0 Å². The van der Waals surface area contributed by atoms with E-state index in [0.717, 1.165) is 6.42 Å². The van der Waals surface area contributed by atoms with Gasteiger partial charge in [-0.1, -0.05) is 0 Å². The second kappa shape index (κ2) is 1.60. The number of hydrogen-bond acceptors (Lipinski definition) is 2. The monoisotopic (exact) mass is 98.1 g/mol. The van der Waals surface area contributed by atoms with Crippen molar-refractivity contribution < 1.29 is 0 Å². The Labute approximate surface area is 43.6 Å². The first-order chi connectivity index (χ1) is 3.29. The highest BCUT2D eigenvalue weighted by Gasteiger charge is 2.11. The molecule has 1 rings (SSSR count). The zero-order chi connectivity index (χ0) is 5.28. The normalized spacial score (nSPS) is 39.7. The first-order valence-corrected chi connectivity index (χ1v) is 2.69. The molecule has 0 spiro atoms. The molecule has 1 aliphatic rings. The molecule has 0 fully saturated rings. The fraction of sp³-hybridized carbons (Fsp3) is 1.00. The molecule has 0 N–H and O–H groups in total. The van der Waals surface area contributed by atoms with Gasteiger partial charge in [-0.25, -0.2) is 0 Å². The Hall–Kier alpha value is -0.400. The standard InChI is InChI=1S/C5H10N2/c1-4-3-5(2)7-6-4/h4-5H,3H2,1-2H3/t4-,5-/m0/s1. The topological polar surface area (TPSA) is 24.7 Å². The largest absolute Gasteiger partial charge is 0.191 e. The van der Waals surface area contributed by atoms with E-state index in [2.05, 4.69) is 24.1 Å². The zero-order valence-corrected chi connectivity index (χ0v) is 4.76. The minimum Gasteiger partial charge on any atom is -0.191 e. The number of azo groups is 1. The van der Waals surface area contributed by atoms with Crippen LogP contribution in [-0.4, -0.2) is 12.1 Å². The minimum atomic E-state index is 0.481. The summed E-state index contributed by atoms with van der Waals surface area (Å²) in [5.74, 6) is 0. The summed E-state index contributed by atoms with van der Waals surface area (Å²) >= 11 is 0. The molecule has 0 aliphatic carbocycles. The highest BCUT2D eigenvalue weighted by Crippen LogP contribution is 2.13. The zero-order valence-electron chi connectivity index (χ0n) is 4.76. The van der Waals surface area contributed by atoms with Crippen molar-refractivity contribution in [2.45, 2.75) is 32.4 Å². The molecule has 0 aromatic rings. The Morgan fingerprint density at radius 1 is 1.14 bits per heavy atom. The third-order valence-electron chi connectivity index (χ3n) is 1.14. The molecule has 1 heterocycles. The first-order valence-electron chi connectivity index (χ1n) is 2.69. The molecule has 2 atom stereocenters. The summed E-state index contributed by atoms with van der Waals surface area (Å²) in [5, 5.41) is 7.88. The van der Waals surface area contributed by atoms with Crippen molar-refractivity contribution in [1.82, 2.24) is 0 Å². The van der Waals surface area contributed by atoms with Gasteiger partial charge in [0.25, 0.3) is 0 Å². The molecule has 2 heteroatoms. The van der Waals surface area contributed by atoms with Gasteiger partial charge in [-0.05, 0) is 20.3 Å². The summed E-state index contributed by atoms with van der Waals surface area (Å²) in [7, 11) is 0. The second-order valence-electron chi connectivity index (χ2n) is 2.16. The Morgan fingerprint density at radius 2 is 1.57 bits per heavy atom.